The van der Waals surface area contributed by atoms with Crippen molar-refractivity contribution >= 4 is 23.4 Å². The van der Waals surface area contributed by atoms with Gasteiger partial charge in [-0.25, -0.2) is 0 Å². The van der Waals surface area contributed by atoms with Crippen LogP contribution in [0.1, 0.15) is 40.5 Å². The van der Waals surface area contributed by atoms with Crippen LogP contribution in [0.2, 0.25) is 0 Å². The van der Waals surface area contributed by atoms with Crippen molar-refractivity contribution in [3.8, 4) is 0 Å². The first-order chi connectivity index (χ1) is 16.0. The number of likely N-dealkylation sites (tertiary alicyclic amines) is 1. The van der Waals surface area contributed by atoms with Crippen LogP contribution in [0.15, 0.2) is 42.5 Å². The predicted octanol–water partition coefficient (Wildman–Crippen LogP) is 2.26. The van der Waals surface area contributed by atoms with Crippen molar-refractivity contribution in [2.24, 2.45) is 11.8 Å². The highest BCUT2D eigenvalue weighted by atomic mass is 16.5. The maximum absolute atomic E-state index is 13.9. The molecule has 0 aliphatic carbocycles. The molecule has 1 aromatic rings. The average Bonchev–Trinajstić information content (AvgIpc) is 3.48. The van der Waals surface area contributed by atoms with Gasteiger partial charge >= 0.3 is 0 Å². The smallest absolute Gasteiger partial charge is 0.246 e. The van der Waals surface area contributed by atoms with Gasteiger partial charge in [0, 0.05) is 24.4 Å². The Balaban J connectivity index is 1.51. The fourth-order valence-corrected chi connectivity index (χ4v) is 6.01. The molecular formula is C26H33N3O5. The average molecular weight is 468 g/mol. The molecule has 1 spiro atoms. The summed E-state index contributed by atoms with van der Waals surface area (Å²) in [4.78, 5) is 42.7. The Kier molecular flexibility index (Phi) is 5.37. The summed E-state index contributed by atoms with van der Waals surface area (Å²) in [6.45, 7) is 8.49. The monoisotopic (exact) mass is 467 g/mol. The predicted molar refractivity (Wildman–Crippen MR) is 126 cm³/mol. The minimum atomic E-state index is -1.20. The van der Waals surface area contributed by atoms with Gasteiger partial charge in [-0.05, 0) is 52.7 Å². The van der Waals surface area contributed by atoms with Gasteiger partial charge in [-0.3, -0.25) is 14.4 Å². The highest BCUT2D eigenvalue weighted by molar-refractivity contribution is 6.03. The van der Waals surface area contributed by atoms with E-state index in [-0.39, 0.29) is 23.8 Å². The van der Waals surface area contributed by atoms with E-state index in [1.54, 1.807) is 17.0 Å². The van der Waals surface area contributed by atoms with E-state index in [1.165, 1.54) is 0 Å². The lowest BCUT2D eigenvalue weighted by Gasteiger charge is -2.35. The number of carbonyl (C=O) groups excluding carboxylic acids is 3. The first-order valence-corrected chi connectivity index (χ1v) is 12.0. The Morgan fingerprint density at radius 2 is 1.88 bits per heavy atom. The molecule has 1 aromatic carbocycles. The molecule has 2 N–H and O–H groups in total. The second kappa shape index (κ2) is 7.92. The third-order valence-corrected chi connectivity index (χ3v) is 7.29. The van der Waals surface area contributed by atoms with Gasteiger partial charge < -0.3 is 25.0 Å². The van der Waals surface area contributed by atoms with Crippen molar-refractivity contribution in [2.45, 2.75) is 69.4 Å². The standard InChI is InChI=1S/C26H33N3O5/c1-24(2,3)28-22(31)20-26-13-12-25(4,34-26)18(21(30)27-16-9-6-5-7-10-16)19(26)23(32)29(20)15-17-11-8-14-33-17/h5-7,9-10,12-13,17-20H,8,11,14-15H2,1-4H3,(H,27,30)(H,28,31). The normalized spacial score (nSPS) is 36.1. The minimum Gasteiger partial charge on any atom is -0.376 e. The Labute approximate surface area is 200 Å². The lowest BCUT2D eigenvalue weighted by Crippen LogP contribution is -2.58. The van der Waals surface area contributed by atoms with Gasteiger partial charge in [0.1, 0.15) is 11.6 Å². The fourth-order valence-electron chi connectivity index (χ4n) is 6.01. The number of amides is 3. The molecule has 4 aliphatic rings. The van der Waals surface area contributed by atoms with Crippen molar-refractivity contribution in [1.82, 2.24) is 10.2 Å². The molecule has 34 heavy (non-hydrogen) atoms. The maximum atomic E-state index is 13.9. The van der Waals surface area contributed by atoms with Crippen molar-refractivity contribution in [3.63, 3.8) is 0 Å². The van der Waals surface area contributed by atoms with Gasteiger partial charge in [-0.15, -0.1) is 0 Å². The van der Waals surface area contributed by atoms with Gasteiger partial charge in [0.15, 0.2) is 0 Å². The van der Waals surface area contributed by atoms with Crippen molar-refractivity contribution in [3.05, 3.63) is 42.5 Å². The van der Waals surface area contributed by atoms with Gasteiger partial charge in [-0.2, -0.15) is 0 Å². The minimum absolute atomic E-state index is 0.127. The molecule has 182 valence electrons. The Bertz CT molecular complexity index is 1030. The summed E-state index contributed by atoms with van der Waals surface area (Å²) < 4.78 is 12.3. The summed E-state index contributed by atoms with van der Waals surface area (Å²) >= 11 is 0. The number of benzene rings is 1. The number of anilines is 1. The molecule has 4 heterocycles. The number of hydrogen-bond donors (Lipinski definition) is 2. The zero-order chi connectivity index (χ0) is 24.3. The molecular weight excluding hydrogens is 434 g/mol. The van der Waals surface area contributed by atoms with E-state index < -0.39 is 34.6 Å². The Morgan fingerprint density at radius 3 is 2.53 bits per heavy atom. The van der Waals surface area contributed by atoms with Gasteiger partial charge in [-0.1, -0.05) is 30.4 Å². The quantitative estimate of drug-likeness (QED) is 0.648. The zero-order valence-electron chi connectivity index (χ0n) is 20.2. The molecule has 3 fully saturated rings. The number of carbonyl (C=O) groups is 3. The van der Waals surface area contributed by atoms with Crippen LogP contribution in [0.4, 0.5) is 5.69 Å². The van der Waals surface area contributed by atoms with Crippen LogP contribution in [0.3, 0.4) is 0 Å². The first kappa shape index (κ1) is 23.1. The third-order valence-electron chi connectivity index (χ3n) is 7.29. The van der Waals surface area contributed by atoms with E-state index >= 15 is 0 Å². The van der Waals surface area contributed by atoms with E-state index in [0.717, 1.165) is 12.8 Å². The van der Waals surface area contributed by atoms with E-state index in [9.17, 15) is 14.4 Å². The summed E-state index contributed by atoms with van der Waals surface area (Å²) in [5, 5.41) is 5.98. The van der Waals surface area contributed by atoms with Crippen LogP contribution in [-0.4, -0.2) is 64.7 Å². The van der Waals surface area contributed by atoms with Crippen molar-refractivity contribution < 1.29 is 23.9 Å². The van der Waals surface area contributed by atoms with Gasteiger partial charge in [0.05, 0.1) is 23.5 Å². The maximum Gasteiger partial charge on any atom is 0.246 e. The highest BCUT2D eigenvalue weighted by Crippen LogP contribution is 2.60. The molecule has 3 amide bonds. The molecule has 2 bridgehead atoms. The second-order valence-electron chi connectivity index (χ2n) is 11.1. The van der Waals surface area contributed by atoms with Crippen LogP contribution in [0.5, 0.6) is 0 Å². The Morgan fingerprint density at radius 1 is 1.15 bits per heavy atom. The largest absolute Gasteiger partial charge is 0.376 e. The van der Waals surface area contributed by atoms with Crippen LogP contribution >= 0.6 is 0 Å². The molecule has 0 aromatic heterocycles. The number of nitrogens with zero attached hydrogens (tertiary/aromatic N) is 1. The number of ether oxygens (including phenoxy) is 2. The molecule has 8 heteroatoms. The lowest BCUT2D eigenvalue weighted by molar-refractivity contribution is -0.146. The number of rotatable bonds is 5. The summed E-state index contributed by atoms with van der Waals surface area (Å²) in [5.41, 5.74) is -2.01. The highest BCUT2D eigenvalue weighted by Gasteiger charge is 2.76. The number of fused-ring (bicyclic) bond motifs is 1. The molecule has 6 unspecified atom stereocenters. The van der Waals surface area contributed by atoms with E-state index in [0.29, 0.717) is 18.8 Å². The first-order valence-electron chi connectivity index (χ1n) is 12.0. The number of nitrogens with one attached hydrogen (secondary N) is 2. The van der Waals surface area contributed by atoms with E-state index in [1.807, 2.05) is 58.0 Å². The molecule has 8 nitrogen and oxygen atoms in total. The van der Waals surface area contributed by atoms with Crippen LogP contribution in [0.25, 0.3) is 0 Å². The molecule has 6 atom stereocenters. The lowest BCUT2D eigenvalue weighted by atomic mass is 9.70. The third kappa shape index (κ3) is 3.64. The van der Waals surface area contributed by atoms with Crippen LogP contribution < -0.4 is 10.6 Å². The Hall–Kier alpha value is -2.71. The number of para-hydroxylation sites is 1. The van der Waals surface area contributed by atoms with E-state index in [4.69, 9.17) is 9.47 Å². The molecule has 0 saturated carbocycles. The second-order valence-corrected chi connectivity index (χ2v) is 11.1. The summed E-state index contributed by atoms with van der Waals surface area (Å²) in [5.74, 6) is -2.34. The van der Waals surface area contributed by atoms with Crippen molar-refractivity contribution in [2.75, 3.05) is 18.5 Å². The number of hydrogen-bond acceptors (Lipinski definition) is 5. The van der Waals surface area contributed by atoms with Gasteiger partial charge in [0.2, 0.25) is 17.7 Å². The molecule has 0 radical (unpaired) electrons. The summed E-state index contributed by atoms with van der Waals surface area (Å²) in [6, 6.07) is 8.29. The fraction of sp³-hybridized carbons (Fsp3) is 0.577. The van der Waals surface area contributed by atoms with Crippen LogP contribution in [-0.2, 0) is 23.9 Å². The topological polar surface area (TPSA) is 97.0 Å². The zero-order valence-corrected chi connectivity index (χ0v) is 20.2. The van der Waals surface area contributed by atoms with Crippen LogP contribution in [0, 0.1) is 11.8 Å². The summed E-state index contributed by atoms with van der Waals surface area (Å²) in [6.07, 6.45) is 5.32. The van der Waals surface area contributed by atoms with E-state index in [2.05, 4.69) is 10.6 Å². The SMILES string of the molecule is CC(C)(C)NC(=O)C1N(CC2CCCO2)C(=O)C2C(C(=O)Nc3ccccc3)C3(C)C=CC21O3. The molecule has 3 saturated heterocycles. The molecule has 4 aliphatic heterocycles. The van der Waals surface area contributed by atoms with Crippen molar-refractivity contribution in [1.29, 1.82) is 0 Å². The summed E-state index contributed by atoms with van der Waals surface area (Å²) in [7, 11) is 0. The van der Waals surface area contributed by atoms with Gasteiger partial charge in [0.25, 0.3) is 0 Å². The molecule has 5 rings (SSSR count).